The molecule has 1 aromatic rings. The van der Waals surface area contributed by atoms with Gasteiger partial charge >= 0.3 is 0 Å². The average Bonchev–Trinajstić information content (AvgIpc) is 2.48. The Balaban J connectivity index is 1.64. The van der Waals surface area contributed by atoms with Crippen LogP contribution in [0.2, 0.25) is 0 Å². The second-order valence-corrected chi connectivity index (χ2v) is 6.06. The zero-order valence-electron chi connectivity index (χ0n) is 11.6. The molecule has 1 heterocycles. The highest BCUT2D eigenvalue weighted by molar-refractivity contribution is 5.53. The molecule has 102 valence electrons. The number of likely N-dealkylation sites (tertiary alicyclic amines) is 1. The average molecular weight is 257 g/mol. The summed E-state index contributed by atoms with van der Waals surface area (Å²) in [5.41, 5.74) is 3.13. The molecule has 19 heavy (non-hydrogen) atoms. The second kappa shape index (κ2) is 5.87. The number of nitrogens with zero attached hydrogens (tertiary/aromatic N) is 1. The number of rotatable bonds is 3. The maximum Gasteiger partial charge on any atom is 0.123 e. The van der Waals surface area contributed by atoms with Crippen LogP contribution < -0.4 is 0 Å². The quantitative estimate of drug-likeness (QED) is 0.776. The van der Waals surface area contributed by atoms with Crippen LogP contribution in [0.15, 0.2) is 24.3 Å². The molecule has 1 aliphatic heterocycles. The summed E-state index contributed by atoms with van der Waals surface area (Å²) >= 11 is 0. The number of fused-ring (bicyclic) bond motifs is 1. The minimum Gasteiger partial charge on any atom is -0.303 e. The molecule has 3 rings (SSSR count). The summed E-state index contributed by atoms with van der Waals surface area (Å²) in [5.74, 6) is 1.02. The van der Waals surface area contributed by atoms with E-state index >= 15 is 0 Å². The van der Waals surface area contributed by atoms with E-state index in [0.29, 0.717) is 11.8 Å². The molecule has 1 saturated heterocycles. The Hall–Kier alpha value is -1.15. The van der Waals surface area contributed by atoms with Crippen LogP contribution in [0.5, 0.6) is 0 Å². The van der Waals surface area contributed by atoms with Crippen LogP contribution >= 0.6 is 0 Å². The lowest BCUT2D eigenvalue weighted by molar-refractivity contribution is -0.112. The van der Waals surface area contributed by atoms with Crippen LogP contribution in [0.3, 0.4) is 0 Å². The van der Waals surface area contributed by atoms with Crippen molar-refractivity contribution in [2.24, 2.45) is 5.92 Å². The van der Waals surface area contributed by atoms with Gasteiger partial charge in [-0.05, 0) is 62.2 Å². The third kappa shape index (κ3) is 2.89. The first-order valence-corrected chi connectivity index (χ1v) is 7.62. The van der Waals surface area contributed by atoms with Crippen LogP contribution in [0.4, 0.5) is 0 Å². The molecule has 1 atom stereocenters. The normalized spacial score (nSPS) is 24.9. The molecule has 2 heteroatoms. The fourth-order valence-corrected chi connectivity index (χ4v) is 3.63. The van der Waals surface area contributed by atoms with Gasteiger partial charge in [-0.1, -0.05) is 24.3 Å². The van der Waals surface area contributed by atoms with Gasteiger partial charge in [0.2, 0.25) is 0 Å². The van der Waals surface area contributed by atoms with Gasteiger partial charge in [0, 0.05) is 12.5 Å². The zero-order valence-corrected chi connectivity index (χ0v) is 11.6. The number of aryl methyl sites for hydroxylation is 1. The number of carbonyl (C=O) groups is 1. The number of piperidine rings is 1. The zero-order chi connectivity index (χ0) is 13.1. The monoisotopic (exact) mass is 257 g/mol. The Kier molecular flexibility index (Phi) is 3.97. The van der Waals surface area contributed by atoms with E-state index in [1.807, 2.05) is 0 Å². The molecule has 0 saturated carbocycles. The van der Waals surface area contributed by atoms with Crippen LogP contribution in [-0.4, -0.2) is 30.8 Å². The van der Waals surface area contributed by atoms with E-state index < -0.39 is 0 Å². The predicted octanol–water partition coefficient (Wildman–Crippen LogP) is 3.02. The summed E-state index contributed by atoms with van der Waals surface area (Å²) < 4.78 is 0. The van der Waals surface area contributed by atoms with Crippen molar-refractivity contribution in [2.45, 2.75) is 38.0 Å². The molecule has 0 aromatic heterocycles. The lowest BCUT2D eigenvalue weighted by atomic mass is 9.82. The predicted molar refractivity (Wildman–Crippen MR) is 77.3 cm³/mol. The largest absolute Gasteiger partial charge is 0.303 e. The van der Waals surface area contributed by atoms with Gasteiger partial charge in [-0.25, -0.2) is 0 Å². The highest BCUT2D eigenvalue weighted by Gasteiger charge is 2.24. The van der Waals surface area contributed by atoms with Gasteiger partial charge in [0.1, 0.15) is 6.29 Å². The number of aldehydes is 1. The van der Waals surface area contributed by atoms with Gasteiger partial charge in [-0.2, -0.15) is 0 Å². The smallest absolute Gasteiger partial charge is 0.123 e. The number of carbonyl (C=O) groups excluding carboxylic acids is 1. The number of hydrogen-bond donors (Lipinski definition) is 0. The van der Waals surface area contributed by atoms with E-state index in [0.717, 1.165) is 32.2 Å². The van der Waals surface area contributed by atoms with E-state index in [-0.39, 0.29) is 0 Å². The van der Waals surface area contributed by atoms with Crippen LogP contribution in [-0.2, 0) is 11.2 Å². The van der Waals surface area contributed by atoms with Crippen molar-refractivity contribution in [3.63, 3.8) is 0 Å². The van der Waals surface area contributed by atoms with Crippen LogP contribution in [0.1, 0.15) is 42.7 Å². The summed E-state index contributed by atoms with van der Waals surface area (Å²) in [6.45, 7) is 3.38. The molecule has 1 aromatic carbocycles. The van der Waals surface area contributed by atoms with Crippen molar-refractivity contribution in [2.75, 3.05) is 19.6 Å². The van der Waals surface area contributed by atoms with Gasteiger partial charge in [0.15, 0.2) is 0 Å². The van der Waals surface area contributed by atoms with Crippen molar-refractivity contribution in [3.8, 4) is 0 Å². The van der Waals surface area contributed by atoms with E-state index in [1.165, 1.54) is 25.8 Å². The maximum atomic E-state index is 10.8. The third-order valence-corrected chi connectivity index (χ3v) is 4.80. The van der Waals surface area contributed by atoms with E-state index in [9.17, 15) is 4.79 Å². The SMILES string of the molecule is O=CC1CCN(CC2CCCc3ccccc32)CC1. The van der Waals surface area contributed by atoms with Gasteiger partial charge in [0.05, 0.1) is 0 Å². The fourth-order valence-electron chi connectivity index (χ4n) is 3.63. The molecule has 0 amide bonds. The first kappa shape index (κ1) is 12.9. The Morgan fingerprint density at radius 3 is 2.74 bits per heavy atom. The Morgan fingerprint density at radius 2 is 1.95 bits per heavy atom. The minimum atomic E-state index is 0.315. The van der Waals surface area contributed by atoms with Gasteiger partial charge in [-0.15, -0.1) is 0 Å². The molecule has 0 N–H and O–H groups in total. The summed E-state index contributed by atoms with van der Waals surface area (Å²) in [4.78, 5) is 13.4. The third-order valence-electron chi connectivity index (χ3n) is 4.80. The molecule has 1 fully saturated rings. The van der Waals surface area contributed by atoms with Crippen LogP contribution in [0.25, 0.3) is 0 Å². The second-order valence-electron chi connectivity index (χ2n) is 6.06. The summed E-state index contributed by atoms with van der Waals surface area (Å²) in [6, 6.07) is 8.95. The van der Waals surface area contributed by atoms with Crippen molar-refractivity contribution in [1.29, 1.82) is 0 Å². The Morgan fingerprint density at radius 1 is 1.16 bits per heavy atom. The fraction of sp³-hybridized carbons (Fsp3) is 0.588. The molecule has 0 bridgehead atoms. The summed E-state index contributed by atoms with van der Waals surface area (Å²) in [6.07, 6.45) is 7.15. The highest BCUT2D eigenvalue weighted by Crippen LogP contribution is 2.32. The van der Waals surface area contributed by atoms with E-state index in [2.05, 4.69) is 29.2 Å². The molecule has 0 radical (unpaired) electrons. The Labute approximate surface area is 115 Å². The van der Waals surface area contributed by atoms with E-state index in [1.54, 1.807) is 11.1 Å². The highest BCUT2D eigenvalue weighted by atomic mass is 16.1. The molecule has 2 nitrogen and oxygen atoms in total. The molecule has 2 aliphatic rings. The van der Waals surface area contributed by atoms with Gasteiger partial charge in [0.25, 0.3) is 0 Å². The van der Waals surface area contributed by atoms with Crippen molar-refractivity contribution >= 4 is 6.29 Å². The molecular formula is C17H23NO. The van der Waals surface area contributed by atoms with Gasteiger partial charge < -0.3 is 9.69 Å². The van der Waals surface area contributed by atoms with Gasteiger partial charge in [-0.3, -0.25) is 0 Å². The Bertz CT molecular complexity index is 435. The lowest BCUT2D eigenvalue weighted by Crippen LogP contribution is -2.37. The maximum absolute atomic E-state index is 10.8. The number of hydrogen-bond acceptors (Lipinski definition) is 2. The summed E-state index contributed by atoms with van der Waals surface area (Å²) in [7, 11) is 0. The van der Waals surface area contributed by atoms with Crippen molar-refractivity contribution in [1.82, 2.24) is 4.90 Å². The van der Waals surface area contributed by atoms with Crippen LogP contribution in [0, 0.1) is 5.92 Å². The summed E-state index contributed by atoms with van der Waals surface area (Å²) in [5, 5.41) is 0. The van der Waals surface area contributed by atoms with E-state index in [4.69, 9.17) is 0 Å². The molecule has 1 aliphatic carbocycles. The minimum absolute atomic E-state index is 0.315. The first-order chi connectivity index (χ1) is 9.36. The molecule has 0 spiro atoms. The molecular weight excluding hydrogens is 234 g/mol. The number of benzene rings is 1. The topological polar surface area (TPSA) is 20.3 Å². The first-order valence-electron chi connectivity index (χ1n) is 7.62. The van der Waals surface area contributed by atoms with Crippen molar-refractivity contribution < 1.29 is 4.79 Å². The van der Waals surface area contributed by atoms with Crippen molar-refractivity contribution in [3.05, 3.63) is 35.4 Å². The lowest BCUT2D eigenvalue weighted by Gasteiger charge is -2.34. The standard InChI is InChI=1S/C17H23NO/c19-13-14-8-10-18(11-9-14)12-16-6-3-5-15-4-1-2-7-17(15)16/h1-2,4,7,13-14,16H,3,5-6,8-12H2. The molecule has 1 unspecified atom stereocenters.